The Bertz CT molecular complexity index is 846. The Morgan fingerprint density at radius 1 is 1.29 bits per heavy atom. The summed E-state index contributed by atoms with van der Waals surface area (Å²) >= 11 is 0. The van der Waals surface area contributed by atoms with Gasteiger partial charge in [-0.2, -0.15) is 0 Å². The van der Waals surface area contributed by atoms with E-state index in [1.807, 2.05) is 44.2 Å². The molecular weight excluding hydrogens is 357 g/mol. The van der Waals surface area contributed by atoms with Gasteiger partial charge in [0.1, 0.15) is 11.6 Å². The molecule has 0 saturated heterocycles. The Kier molecular flexibility index (Phi) is 5.92. The van der Waals surface area contributed by atoms with Crippen LogP contribution in [-0.2, 0) is 6.42 Å². The van der Waals surface area contributed by atoms with Crippen molar-refractivity contribution in [2.75, 3.05) is 6.61 Å². The maximum atomic E-state index is 15.0. The second-order valence-electron chi connectivity index (χ2n) is 8.13. The van der Waals surface area contributed by atoms with Crippen LogP contribution in [-0.4, -0.2) is 17.8 Å². The fraction of sp³-hybridized carbons (Fsp3) is 0.435. The van der Waals surface area contributed by atoms with Crippen molar-refractivity contribution in [2.45, 2.75) is 52.5 Å². The molecule has 2 N–H and O–H groups in total. The van der Waals surface area contributed by atoms with E-state index in [0.29, 0.717) is 12.2 Å². The van der Waals surface area contributed by atoms with E-state index in [4.69, 9.17) is 4.74 Å². The normalized spacial score (nSPS) is 17.6. The van der Waals surface area contributed by atoms with Crippen LogP contribution in [0.25, 0.3) is 11.1 Å². The molecule has 0 spiro atoms. The Hall–Kier alpha value is -2.56. The quantitative estimate of drug-likeness (QED) is 0.604. The smallest absolute Gasteiger partial charge is 0.405 e. The van der Waals surface area contributed by atoms with E-state index >= 15 is 0 Å². The fourth-order valence-corrected chi connectivity index (χ4v) is 3.82. The number of ether oxygens (including phenoxy) is 1. The number of fused-ring (bicyclic) bond motifs is 1. The van der Waals surface area contributed by atoms with E-state index < -0.39 is 12.1 Å². The summed E-state index contributed by atoms with van der Waals surface area (Å²) in [6, 6.07) is 10.4. The summed E-state index contributed by atoms with van der Waals surface area (Å²) in [7, 11) is 0. The molecule has 0 radical (unpaired) electrons. The molecule has 0 aliphatic heterocycles. The third-order valence-corrected chi connectivity index (χ3v) is 5.56. The van der Waals surface area contributed by atoms with Gasteiger partial charge in [0, 0.05) is 5.56 Å². The van der Waals surface area contributed by atoms with Crippen LogP contribution in [0.5, 0.6) is 5.75 Å². The van der Waals surface area contributed by atoms with Gasteiger partial charge in [-0.1, -0.05) is 39.3 Å². The van der Waals surface area contributed by atoms with Crippen LogP contribution in [0.3, 0.4) is 0 Å². The molecular formula is C23H28FNO3. The maximum Gasteiger partial charge on any atom is 0.405 e. The SMILES string of the molecule is CCCCOc1ccc(-c2cc3c(cc2F)[C@H](NC(=O)O)C(C)(C)CC3)cc1. The van der Waals surface area contributed by atoms with Gasteiger partial charge < -0.3 is 15.2 Å². The highest BCUT2D eigenvalue weighted by molar-refractivity contribution is 5.68. The molecule has 2 aromatic carbocycles. The van der Waals surface area contributed by atoms with Crippen molar-refractivity contribution >= 4 is 6.09 Å². The zero-order valence-corrected chi connectivity index (χ0v) is 16.7. The number of carboxylic acid groups (broad SMARTS) is 1. The average Bonchev–Trinajstić information content (AvgIpc) is 2.65. The first-order valence-electron chi connectivity index (χ1n) is 9.87. The molecule has 0 aromatic heterocycles. The summed E-state index contributed by atoms with van der Waals surface area (Å²) in [4.78, 5) is 11.2. The molecule has 1 aliphatic rings. The van der Waals surface area contributed by atoms with Crippen molar-refractivity contribution in [3.63, 3.8) is 0 Å². The third kappa shape index (κ3) is 4.29. The Balaban J connectivity index is 1.90. The van der Waals surface area contributed by atoms with Gasteiger partial charge >= 0.3 is 6.09 Å². The molecule has 2 aromatic rings. The van der Waals surface area contributed by atoms with Crippen molar-refractivity contribution in [1.82, 2.24) is 5.32 Å². The zero-order valence-electron chi connectivity index (χ0n) is 16.7. The number of benzene rings is 2. The van der Waals surface area contributed by atoms with Crippen LogP contribution in [0.2, 0.25) is 0 Å². The summed E-state index contributed by atoms with van der Waals surface area (Å²) in [6.45, 7) is 6.82. The molecule has 4 nitrogen and oxygen atoms in total. The van der Waals surface area contributed by atoms with Crippen molar-refractivity contribution in [1.29, 1.82) is 0 Å². The zero-order chi connectivity index (χ0) is 20.3. The van der Waals surface area contributed by atoms with E-state index in [1.54, 1.807) is 0 Å². The monoisotopic (exact) mass is 385 g/mol. The standard InChI is InChI=1S/C23H28FNO3/c1-4-5-12-28-17-8-6-15(7-9-17)18-13-16-10-11-23(2,3)21(25-22(26)27)19(16)14-20(18)24/h6-9,13-14,21,25H,4-5,10-12H2,1-3H3,(H,26,27)/t21-/m0/s1. The van der Waals surface area contributed by atoms with Crippen molar-refractivity contribution in [3.05, 3.63) is 53.3 Å². The summed E-state index contributed by atoms with van der Waals surface area (Å²) < 4.78 is 20.6. The Labute approximate surface area is 165 Å². The number of nitrogens with one attached hydrogen (secondary N) is 1. The number of aryl methyl sites for hydroxylation is 1. The fourth-order valence-electron chi connectivity index (χ4n) is 3.82. The second kappa shape index (κ2) is 8.21. The molecule has 150 valence electrons. The number of hydrogen-bond acceptors (Lipinski definition) is 2. The lowest BCUT2D eigenvalue weighted by atomic mass is 9.70. The lowest BCUT2D eigenvalue weighted by Gasteiger charge is -2.40. The number of carbonyl (C=O) groups is 1. The molecule has 0 unspecified atom stereocenters. The summed E-state index contributed by atoms with van der Waals surface area (Å²) in [5.41, 5.74) is 2.79. The third-order valence-electron chi connectivity index (χ3n) is 5.56. The maximum absolute atomic E-state index is 15.0. The molecule has 28 heavy (non-hydrogen) atoms. The Morgan fingerprint density at radius 2 is 2.00 bits per heavy atom. The molecule has 0 heterocycles. The van der Waals surface area contributed by atoms with E-state index in [2.05, 4.69) is 12.2 Å². The van der Waals surface area contributed by atoms with Gasteiger partial charge in [-0.3, -0.25) is 0 Å². The number of unbranched alkanes of at least 4 members (excludes halogenated alkanes) is 1. The first kappa shape index (κ1) is 20.2. The molecule has 0 bridgehead atoms. The minimum absolute atomic E-state index is 0.267. The average molecular weight is 385 g/mol. The molecule has 0 fully saturated rings. The molecule has 1 amide bonds. The largest absolute Gasteiger partial charge is 0.494 e. The van der Waals surface area contributed by atoms with E-state index in [0.717, 1.165) is 48.1 Å². The molecule has 5 heteroatoms. The lowest BCUT2D eigenvalue weighted by molar-refractivity contribution is 0.161. The van der Waals surface area contributed by atoms with Gasteiger partial charge in [0.2, 0.25) is 0 Å². The van der Waals surface area contributed by atoms with Gasteiger partial charge in [-0.05, 0) is 65.6 Å². The van der Waals surface area contributed by atoms with Gasteiger partial charge in [-0.15, -0.1) is 0 Å². The van der Waals surface area contributed by atoms with Crippen LogP contribution in [0, 0.1) is 11.2 Å². The summed E-state index contributed by atoms with van der Waals surface area (Å²) in [5, 5.41) is 11.8. The van der Waals surface area contributed by atoms with Gasteiger partial charge in [0.15, 0.2) is 0 Å². The Morgan fingerprint density at radius 3 is 2.64 bits per heavy atom. The minimum Gasteiger partial charge on any atom is -0.494 e. The highest BCUT2D eigenvalue weighted by Crippen LogP contribution is 2.45. The van der Waals surface area contributed by atoms with Gasteiger partial charge in [0.25, 0.3) is 0 Å². The number of amides is 1. The van der Waals surface area contributed by atoms with Crippen molar-refractivity contribution < 1.29 is 19.0 Å². The second-order valence-corrected chi connectivity index (χ2v) is 8.13. The number of halogens is 1. The van der Waals surface area contributed by atoms with Crippen molar-refractivity contribution in [2.24, 2.45) is 5.41 Å². The molecule has 0 saturated carbocycles. The minimum atomic E-state index is -1.09. The molecule has 1 aliphatic carbocycles. The molecule has 3 rings (SSSR count). The number of hydrogen-bond donors (Lipinski definition) is 2. The lowest BCUT2D eigenvalue weighted by Crippen LogP contribution is -2.40. The first-order chi connectivity index (χ1) is 13.3. The van der Waals surface area contributed by atoms with Crippen molar-refractivity contribution in [3.8, 4) is 16.9 Å². The van der Waals surface area contributed by atoms with Crippen LogP contribution in [0.15, 0.2) is 36.4 Å². The van der Waals surface area contributed by atoms with Gasteiger partial charge in [-0.25, -0.2) is 9.18 Å². The summed E-state index contributed by atoms with van der Waals surface area (Å²) in [6.07, 6.45) is 2.62. The van der Waals surface area contributed by atoms with E-state index in [9.17, 15) is 14.3 Å². The van der Waals surface area contributed by atoms with Crippen LogP contribution < -0.4 is 10.1 Å². The highest BCUT2D eigenvalue weighted by atomic mass is 19.1. The molecule has 1 atom stereocenters. The predicted octanol–water partition coefficient (Wildman–Crippen LogP) is 5.95. The van der Waals surface area contributed by atoms with Crippen LogP contribution >= 0.6 is 0 Å². The van der Waals surface area contributed by atoms with E-state index in [1.165, 1.54) is 6.07 Å². The van der Waals surface area contributed by atoms with Crippen LogP contribution in [0.4, 0.5) is 9.18 Å². The van der Waals surface area contributed by atoms with E-state index in [-0.39, 0.29) is 11.2 Å². The van der Waals surface area contributed by atoms with Crippen LogP contribution in [0.1, 0.15) is 57.2 Å². The van der Waals surface area contributed by atoms with Gasteiger partial charge in [0.05, 0.1) is 12.6 Å². The predicted molar refractivity (Wildman–Crippen MR) is 108 cm³/mol. The summed E-state index contributed by atoms with van der Waals surface area (Å²) in [5.74, 6) is 0.441. The topological polar surface area (TPSA) is 58.6 Å². The first-order valence-corrected chi connectivity index (χ1v) is 9.87. The number of rotatable bonds is 6. The highest BCUT2D eigenvalue weighted by Gasteiger charge is 2.37.